The summed E-state index contributed by atoms with van der Waals surface area (Å²) in [5.74, 6) is -0.0197. The van der Waals surface area contributed by atoms with E-state index in [1.165, 1.54) is 25.6 Å². The van der Waals surface area contributed by atoms with E-state index in [1.54, 1.807) is 17.0 Å². The molecule has 4 heterocycles. The predicted octanol–water partition coefficient (Wildman–Crippen LogP) is 3.58. The second-order valence-corrected chi connectivity index (χ2v) is 8.56. The SMILES string of the molecule is C=CC(=O)N1CCC(n2cc(-c3c(-c4ccc(F)c(OC)c4)c4c(N)ncnc4n3C)cn2)CC1. The fourth-order valence-corrected chi connectivity index (χ4v) is 4.85. The van der Waals surface area contributed by atoms with E-state index >= 15 is 0 Å². The second kappa shape index (κ2) is 8.86. The Kier molecular flexibility index (Phi) is 5.72. The molecule has 180 valence electrons. The third-order valence-electron chi connectivity index (χ3n) is 6.64. The van der Waals surface area contributed by atoms with Crippen LogP contribution in [0.3, 0.4) is 0 Å². The molecule has 9 nitrogen and oxygen atoms in total. The lowest BCUT2D eigenvalue weighted by Gasteiger charge is -2.31. The largest absolute Gasteiger partial charge is 0.494 e. The highest BCUT2D eigenvalue weighted by Crippen LogP contribution is 2.42. The van der Waals surface area contributed by atoms with Gasteiger partial charge in [0.25, 0.3) is 0 Å². The molecule has 0 atom stereocenters. The lowest BCUT2D eigenvalue weighted by atomic mass is 10.00. The average molecular weight is 476 g/mol. The van der Waals surface area contributed by atoms with Crippen molar-refractivity contribution < 1.29 is 13.9 Å². The first-order chi connectivity index (χ1) is 16.9. The molecule has 3 aromatic heterocycles. The van der Waals surface area contributed by atoms with Crippen LogP contribution in [0.25, 0.3) is 33.4 Å². The van der Waals surface area contributed by atoms with Crippen molar-refractivity contribution in [3.05, 3.63) is 55.4 Å². The summed E-state index contributed by atoms with van der Waals surface area (Å²) in [5.41, 5.74) is 10.2. The number of hydrogen-bond acceptors (Lipinski definition) is 6. The first-order valence-corrected chi connectivity index (χ1v) is 11.3. The number of ether oxygens (including phenoxy) is 1. The Morgan fingerprint density at radius 1 is 1.26 bits per heavy atom. The maximum absolute atomic E-state index is 14.2. The van der Waals surface area contributed by atoms with E-state index in [0.29, 0.717) is 29.9 Å². The van der Waals surface area contributed by atoms with Gasteiger partial charge in [0.05, 0.1) is 30.4 Å². The number of carbonyl (C=O) groups excluding carboxylic acids is 1. The number of piperidine rings is 1. The molecule has 0 spiro atoms. The van der Waals surface area contributed by atoms with Gasteiger partial charge in [0, 0.05) is 37.5 Å². The number of methoxy groups -OCH3 is 1. The molecule has 1 aromatic carbocycles. The minimum absolute atomic E-state index is 0.0434. The molecule has 35 heavy (non-hydrogen) atoms. The van der Waals surface area contributed by atoms with Crippen LogP contribution in [-0.4, -0.2) is 55.3 Å². The van der Waals surface area contributed by atoms with E-state index in [9.17, 15) is 9.18 Å². The normalized spacial score (nSPS) is 14.4. The summed E-state index contributed by atoms with van der Waals surface area (Å²) < 4.78 is 23.3. The number of anilines is 1. The van der Waals surface area contributed by atoms with Crippen molar-refractivity contribution >= 4 is 22.8 Å². The Hall–Kier alpha value is -4.21. The Morgan fingerprint density at radius 3 is 2.74 bits per heavy atom. The molecule has 1 aliphatic rings. The summed E-state index contributed by atoms with van der Waals surface area (Å²) in [7, 11) is 3.34. The Balaban J connectivity index is 1.60. The molecule has 0 aliphatic carbocycles. The van der Waals surface area contributed by atoms with Crippen molar-refractivity contribution in [1.29, 1.82) is 0 Å². The van der Waals surface area contributed by atoms with Crippen molar-refractivity contribution in [2.75, 3.05) is 25.9 Å². The summed E-state index contributed by atoms with van der Waals surface area (Å²) in [5, 5.41) is 5.33. The van der Waals surface area contributed by atoms with E-state index in [2.05, 4.69) is 21.6 Å². The zero-order chi connectivity index (χ0) is 24.7. The number of aryl methyl sites for hydroxylation is 1. The molecule has 0 radical (unpaired) electrons. The maximum atomic E-state index is 14.2. The highest BCUT2D eigenvalue weighted by Gasteiger charge is 2.26. The van der Waals surface area contributed by atoms with Gasteiger partial charge < -0.3 is 19.9 Å². The molecule has 5 rings (SSSR count). The summed E-state index contributed by atoms with van der Waals surface area (Å²) in [6.45, 7) is 4.89. The van der Waals surface area contributed by atoms with Gasteiger partial charge in [-0.2, -0.15) is 5.10 Å². The number of amides is 1. The average Bonchev–Trinajstić information content (AvgIpc) is 3.47. The molecule has 1 saturated heterocycles. The van der Waals surface area contributed by atoms with Gasteiger partial charge in [0.15, 0.2) is 11.6 Å². The van der Waals surface area contributed by atoms with Crippen molar-refractivity contribution in [3.63, 3.8) is 0 Å². The monoisotopic (exact) mass is 475 g/mol. The van der Waals surface area contributed by atoms with E-state index in [4.69, 9.17) is 10.5 Å². The summed E-state index contributed by atoms with van der Waals surface area (Å²) in [6, 6.07) is 4.89. The molecule has 2 N–H and O–H groups in total. The number of halogens is 1. The van der Waals surface area contributed by atoms with Crippen molar-refractivity contribution in [1.82, 2.24) is 29.2 Å². The smallest absolute Gasteiger partial charge is 0.245 e. The predicted molar refractivity (Wildman–Crippen MR) is 131 cm³/mol. The fraction of sp³-hybridized carbons (Fsp3) is 0.280. The van der Waals surface area contributed by atoms with Crippen molar-refractivity contribution in [2.24, 2.45) is 7.05 Å². The van der Waals surface area contributed by atoms with Crippen LogP contribution in [0.2, 0.25) is 0 Å². The Morgan fingerprint density at radius 2 is 2.03 bits per heavy atom. The molecule has 1 fully saturated rings. The number of nitrogens with two attached hydrogens (primary N) is 1. The van der Waals surface area contributed by atoms with E-state index in [-0.39, 0.29) is 17.7 Å². The van der Waals surface area contributed by atoms with Gasteiger partial charge in [-0.05, 0) is 36.6 Å². The quantitative estimate of drug-likeness (QED) is 0.443. The fourth-order valence-electron chi connectivity index (χ4n) is 4.85. The van der Waals surface area contributed by atoms with Crippen LogP contribution in [0.15, 0.2) is 49.6 Å². The van der Waals surface area contributed by atoms with Crippen molar-refractivity contribution in [3.8, 4) is 28.1 Å². The lowest BCUT2D eigenvalue weighted by Crippen LogP contribution is -2.38. The summed E-state index contributed by atoms with van der Waals surface area (Å²) in [4.78, 5) is 22.4. The van der Waals surface area contributed by atoms with Crippen LogP contribution in [0.1, 0.15) is 18.9 Å². The van der Waals surface area contributed by atoms with Gasteiger partial charge in [-0.25, -0.2) is 14.4 Å². The molecule has 0 unspecified atom stereocenters. The van der Waals surface area contributed by atoms with Gasteiger partial charge in [0.1, 0.15) is 17.8 Å². The zero-order valence-corrected chi connectivity index (χ0v) is 19.6. The van der Waals surface area contributed by atoms with Crippen LogP contribution >= 0.6 is 0 Å². The number of hydrogen-bond donors (Lipinski definition) is 1. The van der Waals surface area contributed by atoms with E-state index < -0.39 is 5.82 Å². The Labute approximate surface area is 201 Å². The first-order valence-electron chi connectivity index (χ1n) is 11.3. The number of nitrogen functional groups attached to an aromatic ring is 1. The third kappa shape index (κ3) is 3.80. The number of rotatable bonds is 5. The minimum atomic E-state index is -0.448. The molecule has 4 aromatic rings. The standard InChI is InChI=1S/C25H26FN7O2/c1-4-20(34)32-9-7-17(8-10-32)33-13-16(12-30-33)23-21(15-5-6-18(26)19(11-15)35-3)22-24(27)28-14-29-25(22)31(23)2/h4-6,11-14,17H,1,7-10H2,2-3H3,(H2,27,28,29). The summed E-state index contributed by atoms with van der Waals surface area (Å²) in [6.07, 6.45) is 8.19. The number of nitrogens with zero attached hydrogens (tertiary/aromatic N) is 6. The molecule has 0 saturated carbocycles. The molecule has 0 bridgehead atoms. The van der Waals surface area contributed by atoms with E-state index in [0.717, 1.165) is 35.2 Å². The topological polar surface area (TPSA) is 104 Å². The van der Waals surface area contributed by atoms with Crippen molar-refractivity contribution in [2.45, 2.75) is 18.9 Å². The number of benzene rings is 1. The van der Waals surface area contributed by atoms with Crippen LogP contribution in [0, 0.1) is 5.82 Å². The molecule has 10 heteroatoms. The van der Waals surface area contributed by atoms with Gasteiger partial charge in [-0.1, -0.05) is 12.6 Å². The Bertz CT molecular complexity index is 1430. The second-order valence-electron chi connectivity index (χ2n) is 8.56. The van der Waals surface area contributed by atoms with Crippen LogP contribution in [0.4, 0.5) is 10.2 Å². The first kappa shape index (κ1) is 22.6. The highest BCUT2D eigenvalue weighted by atomic mass is 19.1. The molecule has 1 amide bonds. The molecular weight excluding hydrogens is 449 g/mol. The minimum Gasteiger partial charge on any atom is -0.494 e. The van der Waals surface area contributed by atoms with Gasteiger partial charge in [0.2, 0.25) is 5.91 Å². The lowest BCUT2D eigenvalue weighted by molar-refractivity contribution is -0.127. The van der Waals surface area contributed by atoms with Crippen LogP contribution in [-0.2, 0) is 11.8 Å². The number of fused-ring (bicyclic) bond motifs is 1. The van der Waals surface area contributed by atoms with Gasteiger partial charge in [-0.3, -0.25) is 9.48 Å². The van der Waals surface area contributed by atoms with Gasteiger partial charge in [-0.15, -0.1) is 0 Å². The zero-order valence-electron chi connectivity index (χ0n) is 19.6. The summed E-state index contributed by atoms with van der Waals surface area (Å²) >= 11 is 0. The number of likely N-dealkylation sites (tertiary alicyclic amines) is 1. The molecule has 1 aliphatic heterocycles. The highest BCUT2D eigenvalue weighted by molar-refractivity contribution is 6.07. The van der Waals surface area contributed by atoms with E-state index in [1.807, 2.05) is 28.7 Å². The molecular formula is C25H26FN7O2. The number of aromatic nitrogens is 5. The van der Waals surface area contributed by atoms with Crippen LogP contribution in [0.5, 0.6) is 5.75 Å². The van der Waals surface area contributed by atoms with Gasteiger partial charge >= 0.3 is 0 Å². The maximum Gasteiger partial charge on any atom is 0.245 e. The third-order valence-corrected chi connectivity index (χ3v) is 6.64. The number of carbonyl (C=O) groups is 1. The van der Waals surface area contributed by atoms with Crippen LogP contribution < -0.4 is 10.5 Å².